The molecule has 2 rings (SSSR count). The Balaban J connectivity index is 2.08. The number of fused-ring (bicyclic) bond motifs is 1. The number of imide groups is 1. The van der Waals surface area contributed by atoms with E-state index < -0.39 is 0 Å². The standard InChI is InChI=1S/C10H17N3O2/c1-2-13-9(14)7-5-12(4-3-11)6-8(7)10(13)15/h7-8H,2-6,11H2,1H3. The van der Waals surface area contributed by atoms with Crippen LogP contribution in [0.3, 0.4) is 0 Å². The Morgan fingerprint density at radius 2 is 1.80 bits per heavy atom. The van der Waals surface area contributed by atoms with Gasteiger partial charge in [0.25, 0.3) is 0 Å². The van der Waals surface area contributed by atoms with Crippen LogP contribution in [0.5, 0.6) is 0 Å². The first-order valence-corrected chi connectivity index (χ1v) is 5.46. The van der Waals surface area contributed by atoms with Crippen molar-refractivity contribution in [2.24, 2.45) is 17.6 Å². The van der Waals surface area contributed by atoms with Crippen molar-refractivity contribution in [3.63, 3.8) is 0 Å². The van der Waals surface area contributed by atoms with E-state index in [4.69, 9.17) is 5.73 Å². The second kappa shape index (κ2) is 3.90. The Morgan fingerprint density at radius 3 is 2.20 bits per heavy atom. The van der Waals surface area contributed by atoms with Crippen molar-refractivity contribution in [1.82, 2.24) is 9.80 Å². The van der Waals surface area contributed by atoms with Gasteiger partial charge in [0.05, 0.1) is 11.8 Å². The van der Waals surface area contributed by atoms with Gasteiger partial charge in [0.2, 0.25) is 11.8 Å². The average molecular weight is 211 g/mol. The van der Waals surface area contributed by atoms with Crippen molar-refractivity contribution in [2.45, 2.75) is 6.92 Å². The molecular formula is C10H17N3O2. The number of carbonyl (C=O) groups is 2. The van der Waals surface area contributed by atoms with Gasteiger partial charge >= 0.3 is 0 Å². The summed E-state index contributed by atoms with van der Waals surface area (Å²) in [7, 11) is 0. The summed E-state index contributed by atoms with van der Waals surface area (Å²) in [6, 6.07) is 0. The third-order valence-electron chi connectivity index (χ3n) is 3.32. The summed E-state index contributed by atoms with van der Waals surface area (Å²) in [6.45, 7) is 5.10. The van der Waals surface area contributed by atoms with E-state index in [-0.39, 0.29) is 23.7 Å². The molecule has 0 aromatic heterocycles. The molecule has 2 N–H and O–H groups in total. The first-order valence-electron chi connectivity index (χ1n) is 5.46. The number of nitrogens with zero attached hydrogens (tertiary/aromatic N) is 2. The van der Waals surface area contributed by atoms with E-state index in [9.17, 15) is 9.59 Å². The second-order valence-electron chi connectivity index (χ2n) is 4.18. The van der Waals surface area contributed by atoms with Gasteiger partial charge in [0, 0.05) is 32.7 Å². The van der Waals surface area contributed by atoms with E-state index in [1.165, 1.54) is 4.90 Å². The van der Waals surface area contributed by atoms with E-state index in [0.717, 1.165) is 6.54 Å². The third kappa shape index (κ3) is 1.55. The monoisotopic (exact) mass is 211 g/mol. The number of amides is 2. The van der Waals surface area contributed by atoms with Crippen molar-refractivity contribution in [1.29, 1.82) is 0 Å². The molecule has 84 valence electrons. The van der Waals surface area contributed by atoms with E-state index in [1.807, 2.05) is 6.92 Å². The predicted molar refractivity (Wildman–Crippen MR) is 54.9 cm³/mol. The maximum atomic E-state index is 11.8. The molecule has 0 aromatic rings. The summed E-state index contributed by atoms with van der Waals surface area (Å²) in [5.74, 6) is -0.202. The zero-order chi connectivity index (χ0) is 11.0. The van der Waals surface area contributed by atoms with Gasteiger partial charge < -0.3 is 10.6 Å². The molecule has 0 radical (unpaired) electrons. The van der Waals surface area contributed by atoms with Gasteiger partial charge in [-0.1, -0.05) is 0 Å². The number of hydrogen-bond acceptors (Lipinski definition) is 4. The summed E-state index contributed by atoms with van der Waals surface area (Å²) in [4.78, 5) is 27.1. The highest BCUT2D eigenvalue weighted by Crippen LogP contribution is 2.32. The number of carbonyl (C=O) groups excluding carboxylic acids is 2. The summed E-state index contributed by atoms with van der Waals surface area (Å²) in [5, 5.41) is 0. The van der Waals surface area contributed by atoms with Crippen LogP contribution in [-0.2, 0) is 9.59 Å². The van der Waals surface area contributed by atoms with E-state index in [0.29, 0.717) is 26.2 Å². The first kappa shape index (κ1) is 10.6. The molecule has 0 spiro atoms. The highest BCUT2D eigenvalue weighted by Gasteiger charge is 2.51. The summed E-state index contributed by atoms with van der Waals surface area (Å²) in [5.41, 5.74) is 5.46. The van der Waals surface area contributed by atoms with Crippen LogP contribution in [0.1, 0.15) is 6.92 Å². The SMILES string of the molecule is CCN1C(=O)C2CN(CCN)CC2C1=O. The molecule has 2 heterocycles. The molecule has 5 heteroatoms. The lowest BCUT2D eigenvalue weighted by molar-refractivity contribution is -0.140. The normalized spacial score (nSPS) is 31.5. The Bertz CT molecular complexity index is 268. The minimum Gasteiger partial charge on any atom is -0.329 e. The van der Waals surface area contributed by atoms with Crippen LogP contribution in [0.25, 0.3) is 0 Å². The molecule has 5 nitrogen and oxygen atoms in total. The minimum atomic E-state index is -0.107. The molecule has 2 aliphatic rings. The molecule has 0 saturated carbocycles. The molecule has 2 atom stereocenters. The molecular weight excluding hydrogens is 194 g/mol. The van der Waals surface area contributed by atoms with Crippen molar-refractivity contribution in [2.75, 3.05) is 32.7 Å². The average Bonchev–Trinajstić information content (AvgIpc) is 2.70. The Morgan fingerprint density at radius 1 is 1.27 bits per heavy atom. The quantitative estimate of drug-likeness (QED) is 0.601. The Labute approximate surface area is 89.2 Å². The number of nitrogens with two attached hydrogens (primary N) is 1. The van der Waals surface area contributed by atoms with E-state index >= 15 is 0 Å². The number of likely N-dealkylation sites (tertiary alicyclic amines) is 2. The van der Waals surface area contributed by atoms with Crippen molar-refractivity contribution < 1.29 is 9.59 Å². The molecule has 0 bridgehead atoms. The van der Waals surface area contributed by atoms with Crippen LogP contribution in [0.2, 0.25) is 0 Å². The lowest BCUT2D eigenvalue weighted by Gasteiger charge is -2.18. The first-order chi connectivity index (χ1) is 7.19. The highest BCUT2D eigenvalue weighted by atomic mass is 16.2. The largest absolute Gasteiger partial charge is 0.329 e. The van der Waals surface area contributed by atoms with Gasteiger partial charge in [-0.2, -0.15) is 0 Å². The fourth-order valence-corrected chi connectivity index (χ4v) is 2.57. The fourth-order valence-electron chi connectivity index (χ4n) is 2.57. The summed E-state index contributed by atoms with van der Waals surface area (Å²) < 4.78 is 0. The Kier molecular flexibility index (Phi) is 2.75. The highest BCUT2D eigenvalue weighted by molar-refractivity contribution is 6.05. The van der Waals surface area contributed by atoms with Crippen molar-refractivity contribution >= 4 is 11.8 Å². The summed E-state index contributed by atoms with van der Waals surface area (Å²) in [6.07, 6.45) is 0. The van der Waals surface area contributed by atoms with Crippen molar-refractivity contribution in [3.05, 3.63) is 0 Å². The van der Waals surface area contributed by atoms with Gasteiger partial charge in [-0.05, 0) is 6.92 Å². The zero-order valence-electron chi connectivity index (χ0n) is 8.98. The van der Waals surface area contributed by atoms with Crippen LogP contribution in [0, 0.1) is 11.8 Å². The molecule has 15 heavy (non-hydrogen) atoms. The zero-order valence-corrected chi connectivity index (χ0v) is 8.98. The van der Waals surface area contributed by atoms with Gasteiger partial charge in [-0.25, -0.2) is 0 Å². The van der Waals surface area contributed by atoms with Gasteiger partial charge in [0.1, 0.15) is 0 Å². The van der Waals surface area contributed by atoms with E-state index in [1.54, 1.807) is 0 Å². The predicted octanol–water partition coefficient (Wildman–Crippen LogP) is -1.12. The smallest absolute Gasteiger partial charge is 0.234 e. The molecule has 0 aromatic carbocycles. The fraction of sp³-hybridized carbons (Fsp3) is 0.800. The molecule has 2 saturated heterocycles. The lowest BCUT2D eigenvalue weighted by Crippen LogP contribution is -2.37. The van der Waals surface area contributed by atoms with Crippen LogP contribution in [0.15, 0.2) is 0 Å². The van der Waals surface area contributed by atoms with Gasteiger partial charge in [-0.3, -0.25) is 14.5 Å². The molecule has 2 aliphatic heterocycles. The number of hydrogen-bond donors (Lipinski definition) is 1. The molecule has 2 fully saturated rings. The Hall–Kier alpha value is -0.940. The topological polar surface area (TPSA) is 66.6 Å². The van der Waals surface area contributed by atoms with Gasteiger partial charge in [-0.15, -0.1) is 0 Å². The maximum absolute atomic E-state index is 11.8. The number of rotatable bonds is 3. The van der Waals surface area contributed by atoms with Gasteiger partial charge in [0.15, 0.2) is 0 Å². The van der Waals surface area contributed by atoms with Crippen LogP contribution in [-0.4, -0.2) is 54.3 Å². The molecule has 0 aliphatic carbocycles. The van der Waals surface area contributed by atoms with Crippen LogP contribution < -0.4 is 5.73 Å². The summed E-state index contributed by atoms with van der Waals surface area (Å²) >= 11 is 0. The van der Waals surface area contributed by atoms with Crippen LogP contribution in [0.4, 0.5) is 0 Å². The minimum absolute atomic E-state index is 0.00650. The van der Waals surface area contributed by atoms with E-state index in [2.05, 4.69) is 4.90 Å². The maximum Gasteiger partial charge on any atom is 0.234 e. The van der Waals surface area contributed by atoms with Crippen molar-refractivity contribution in [3.8, 4) is 0 Å². The molecule has 2 amide bonds. The molecule has 2 unspecified atom stereocenters. The lowest BCUT2D eigenvalue weighted by atomic mass is 10.00. The second-order valence-corrected chi connectivity index (χ2v) is 4.18. The third-order valence-corrected chi connectivity index (χ3v) is 3.32. The van der Waals surface area contributed by atoms with Crippen LogP contribution >= 0.6 is 0 Å².